The summed E-state index contributed by atoms with van der Waals surface area (Å²) >= 11 is 0. The molecule has 90 valence electrons. The lowest BCUT2D eigenvalue weighted by Crippen LogP contribution is -2.35. The quantitative estimate of drug-likeness (QED) is 0.782. The third-order valence-corrected chi connectivity index (χ3v) is 1.87. The van der Waals surface area contributed by atoms with E-state index in [1.165, 1.54) is 0 Å². The number of alkyl carbamates (subject to hydrolysis) is 1. The van der Waals surface area contributed by atoms with Crippen molar-refractivity contribution in [3.8, 4) is 0 Å². The zero-order valence-corrected chi connectivity index (χ0v) is 10.9. The van der Waals surface area contributed by atoms with Gasteiger partial charge in [-0.2, -0.15) is 0 Å². The lowest BCUT2D eigenvalue weighted by atomic mass is 9.99. The molecule has 3 nitrogen and oxygen atoms in total. The molecule has 0 aliphatic rings. The molecule has 0 aromatic carbocycles. The van der Waals surface area contributed by atoms with Gasteiger partial charge in [0.15, 0.2) is 0 Å². The first kappa shape index (κ1) is 14.3. The summed E-state index contributed by atoms with van der Waals surface area (Å²) in [5.41, 5.74) is -0.411. The minimum absolute atomic E-state index is 0.321. The molecule has 1 atom stereocenters. The van der Waals surface area contributed by atoms with E-state index in [1.54, 1.807) is 0 Å². The van der Waals surface area contributed by atoms with Crippen LogP contribution < -0.4 is 5.32 Å². The van der Waals surface area contributed by atoms with Crippen molar-refractivity contribution in [3.63, 3.8) is 0 Å². The van der Waals surface area contributed by atoms with Gasteiger partial charge >= 0.3 is 6.09 Å². The van der Waals surface area contributed by atoms with Crippen LogP contribution in [0.15, 0.2) is 0 Å². The molecule has 0 saturated heterocycles. The highest BCUT2D eigenvalue weighted by Crippen LogP contribution is 2.10. The van der Waals surface area contributed by atoms with Crippen molar-refractivity contribution in [1.29, 1.82) is 0 Å². The Kier molecular flexibility index (Phi) is 5.69. The zero-order chi connectivity index (χ0) is 12.1. The SMILES string of the molecule is CC(C)CC(C)CNC(=O)OC(C)(C)C. The monoisotopic (exact) mass is 215 g/mol. The summed E-state index contributed by atoms with van der Waals surface area (Å²) in [5.74, 6) is 1.16. The molecule has 1 unspecified atom stereocenters. The normalized spacial score (nSPS) is 13.8. The third-order valence-electron chi connectivity index (χ3n) is 1.87. The fraction of sp³-hybridized carbons (Fsp3) is 0.917. The largest absolute Gasteiger partial charge is 0.444 e. The molecule has 0 aliphatic carbocycles. The minimum atomic E-state index is -0.411. The molecule has 0 aliphatic heterocycles. The lowest BCUT2D eigenvalue weighted by Gasteiger charge is -2.21. The standard InChI is InChI=1S/C12H25NO2/c1-9(2)7-10(3)8-13-11(14)15-12(4,5)6/h9-10H,7-8H2,1-6H3,(H,13,14). The summed E-state index contributed by atoms with van der Waals surface area (Å²) in [5, 5.41) is 2.78. The number of hydrogen-bond acceptors (Lipinski definition) is 2. The first-order valence-corrected chi connectivity index (χ1v) is 5.67. The molecule has 1 N–H and O–H groups in total. The fourth-order valence-corrected chi connectivity index (χ4v) is 1.46. The molecule has 0 bridgehead atoms. The van der Waals surface area contributed by atoms with Crippen molar-refractivity contribution < 1.29 is 9.53 Å². The zero-order valence-electron chi connectivity index (χ0n) is 10.9. The van der Waals surface area contributed by atoms with Crippen LogP contribution >= 0.6 is 0 Å². The van der Waals surface area contributed by atoms with E-state index in [0.717, 1.165) is 6.42 Å². The smallest absolute Gasteiger partial charge is 0.407 e. The van der Waals surface area contributed by atoms with Crippen molar-refractivity contribution in [3.05, 3.63) is 0 Å². The average Bonchev–Trinajstić information content (AvgIpc) is 1.96. The molecule has 0 aromatic rings. The molecule has 0 spiro atoms. The van der Waals surface area contributed by atoms with E-state index in [2.05, 4.69) is 26.1 Å². The van der Waals surface area contributed by atoms with Crippen molar-refractivity contribution in [1.82, 2.24) is 5.32 Å². The van der Waals surface area contributed by atoms with Gasteiger partial charge in [0, 0.05) is 6.54 Å². The van der Waals surface area contributed by atoms with Gasteiger partial charge in [0.25, 0.3) is 0 Å². The van der Waals surface area contributed by atoms with Crippen LogP contribution in [0.5, 0.6) is 0 Å². The number of ether oxygens (including phenoxy) is 1. The fourth-order valence-electron chi connectivity index (χ4n) is 1.46. The van der Waals surface area contributed by atoms with E-state index >= 15 is 0 Å². The second-order valence-corrected chi connectivity index (χ2v) is 5.62. The molecular weight excluding hydrogens is 190 g/mol. The topological polar surface area (TPSA) is 38.3 Å². The molecule has 15 heavy (non-hydrogen) atoms. The Morgan fingerprint density at radius 3 is 2.20 bits per heavy atom. The van der Waals surface area contributed by atoms with Crippen molar-refractivity contribution >= 4 is 6.09 Å². The van der Waals surface area contributed by atoms with Gasteiger partial charge < -0.3 is 10.1 Å². The summed E-state index contributed by atoms with van der Waals surface area (Å²) in [4.78, 5) is 11.3. The van der Waals surface area contributed by atoms with Gasteiger partial charge in [0.05, 0.1) is 0 Å². The molecule has 1 amide bonds. The molecule has 0 heterocycles. The maximum absolute atomic E-state index is 11.3. The summed E-state index contributed by atoms with van der Waals surface area (Å²) in [6.07, 6.45) is 0.800. The molecule has 3 heteroatoms. The van der Waals surface area contributed by atoms with Gasteiger partial charge in [-0.3, -0.25) is 0 Å². The first-order valence-electron chi connectivity index (χ1n) is 5.67. The van der Waals surface area contributed by atoms with Gasteiger partial charge in [-0.05, 0) is 39.0 Å². The lowest BCUT2D eigenvalue weighted by molar-refractivity contribution is 0.0518. The molecule has 0 saturated carbocycles. The van der Waals surface area contributed by atoms with E-state index in [9.17, 15) is 4.79 Å². The van der Waals surface area contributed by atoms with Crippen LogP contribution in [0.4, 0.5) is 4.79 Å². The Hall–Kier alpha value is -0.730. The maximum Gasteiger partial charge on any atom is 0.407 e. The van der Waals surface area contributed by atoms with Crippen LogP contribution in [0.1, 0.15) is 48.0 Å². The molecule has 0 rings (SSSR count). The van der Waals surface area contributed by atoms with Gasteiger partial charge in [0.1, 0.15) is 5.60 Å². The molecule has 0 radical (unpaired) electrons. The number of carbonyl (C=O) groups is 1. The summed E-state index contributed by atoms with van der Waals surface area (Å²) in [6, 6.07) is 0. The average molecular weight is 215 g/mol. The van der Waals surface area contributed by atoms with Gasteiger partial charge in [-0.15, -0.1) is 0 Å². The minimum Gasteiger partial charge on any atom is -0.444 e. The van der Waals surface area contributed by atoms with Gasteiger partial charge in [0.2, 0.25) is 0 Å². The second-order valence-electron chi connectivity index (χ2n) is 5.62. The number of hydrogen-bond donors (Lipinski definition) is 1. The number of nitrogens with one attached hydrogen (secondary N) is 1. The Bertz CT molecular complexity index is 194. The van der Waals surface area contributed by atoms with Gasteiger partial charge in [-0.1, -0.05) is 20.8 Å². The molecule has 0 fully saturated rings. The molecule has 0 aromatic heterocycles. The van der Waals surface area contributed by atoms with Crippen LogP contribution in [0.2, 0.25) is 0 Å². The van der Waals surface area contributed by atoms with Crippen molar-refractivity contribution in [2.75, 3.05) is 6.54 Å². The van der Waals surface area contributed by atoms with Crippen LogP contribution in [0.3, 0.4) is 0 Å². The van der Waals surface area contributed by atoms with E-state index < -0.39 is 5.60 Å². The predicted molar refractivity (Wildman–Crippen MR) is 62.9 cm³/mol. The van der Waals surface area contributed by atoms with Crippen LogP contribution in [0, 0.1) is 11.8 Å². The van der Waals surface area contributed by atoms with Crippen LogP contribution in [0.25, 0.3) is 0 Å². The summed E-state index contributed by atoms with van der Waals surface area (Å²) in [7, 11) is 0. The van der Waals surface area contributed by atoms with E-state index in [0.29, 0.717) is 18.4 Å². The summed E-state index contributed by atoms with van der Waals surface area (Å²) in [6.45, 7) is 12.8. The van der Waals surface area contributed by atoms with Gasteiger partial charge in [-0.25, -0.2) is 4.79 Å². The maximum atomic E-state index is 11.3. The highest BCUT2D eigenvalue weighted by atomic mass is 16.6. The van der Waals surface area contributed by atoms with Crippen LogP contribution in [-0.4, -0.2) is 18.2 Å². The Morgan fingerprint density at radius 2 is 1.80 bits per heavy atom. The van der Waals surface area contributed by atoms with Crippen molar-refractivity contribution in [2.45, 2.75) is 53.6 Å². The predicted octanol–water partition coefficient (Wildman–Crippen LogP) is 3.19. The first-order chi connectivity index (χ1) is 6.70. The van der Waals surface area contributed by atoms with E-state index in [-0.39, 0.29) is 6.09 Å². The van der Waals surface area contributed by atoms with E-state index in [1.807, 2.05) is 20.8 Å². The van der Waals surface area contributed by atoms with Crippen molar-refractivity contribution in [2.24, 2.45) is 11.8 Å². The van der Waals surface area contributed by atoms with E-state index in [4.69, 9.17) is 4.74 Å². The third kappa shape index (κ3) is 9.57. The number of carbonyl (C=O) groups excluding carboxylic acids is 1. The second kappa shape index (κ2) is 5.99. The Morgan fingerprint density at radius 1 is 1.27 bits per heavy atom. The van der Waals surface area contributed by atoms with Crippen LogP contribution in [-0.2, 0) is 4.74 Å². The number of rotatable bonds is 4. The summed E-state index contributed by atoms with van der Waals surface area (Å²) < 4.78 is 5.14. The number of amides is 1. The molecular formula is C12H25NO2. The Balaban J connectivity index is 3.72. The highest BCUT2D eigenvalue weighted by Gasteiger charge is 2.16. The highest BCUT2D eigenvalue weighted by molar-refractivity contribution is 5.67. The Labute approximate surface area is 93.6 Å².